The minimum absolute atomic E-state index is 0.133. The van der Waals surface area contributed by atoms with E-state index in [4.69, 9.17) is 4.74 Å². The molecule has 0 aliphatic heterocycles. The molecule has 77 valence electrons. The van der Waals surface area contributed by atoms with Crippen LogP contribution in [0.2, 0.25) is 0 Å². The summed E-state index contributed by atoms with van der Waals surface area (Å²) in [6.07, 6.45) is 0.454. The molecule has 5 heteroatoms. The van der Waals surface area contributed by atoms with Gasteiger partial charge < -0.3 is 4.74 Å². The van der Waals surface area contributed by atoms with Crippen molar-refractivity contribution in [3.8, 4) is 0 Å². The maximum atomic E-state index is 11.0. The Morgan fingerprint density at radius 3 is 3.07 bits per heavy atom. The van der Waals surface area contributed by atoms with Crippen molar-refractivity contribution < 1.29 is 9.53 Å². The first-order chi connectivity index (χ1) is 6.74. The maximum Gasteiger partial charge on any atom is 0.306 e. The van der Waals surface area contributed by atoms with E-state index in [9.17, 15) is 4.79 Å². The zero-order chi connectivity index (χ0) is 10.4. The fraction of sp³-hybridized carbons (Fsp3) is 0.556. The van der Waals surface area contributed by atoms with Crippen molar-refractivity contribution in [1.29, 1.82) is 0 Å². The minimum Gasteiger partial charge on any atom is -0.466 e. The van der Waals surface area contributed by atoms with E-state index < -0.39 is 0 Å². The molecule has 0 saturated carbocycles. The smallest absolute Gasteiger partial charge is 0.306 e. The molecule has 0 fully saturated rings. The first-order valence-electron chi connectivity index (χ1n) is 4.36. The molecule has 0 unspecified atom stereocenters. The third-order valence-corrected chi connectivity index (χ3v) is 3.72. The number of carbonyl (C=O) groups is 1. The second-order valence-electron chi connectivity index (χ2n) is 2.58. The number of aryl methyl sites for hydroxylation is 1. The third kappa shape index (κ3) is 3.67. The Labute approximate surface area is 91.9 Å². The highest BCUT2D eigenvalue weighted by Crippen LogP contribution is 2.26. The predicted octanol–water partition coefficient (Wildman–Crippen LogP) is 2.30. The predicted molar refractivity (Wildman–Crippen MR) is 57.7 cm³/mol. The Morgan fingerprint density at radius 1 is 1.71 bits per heavy atom. The number of rotatable bonds is 5. The molecule has 1 radical (unpaired) electrons. The molecule has 0 amide bonds. The van der Waals surface area contributed by atoms with Crippen LogP contribution in [0.25, 0.3) is 0 Å². The SMILES string of the molecule is CCOC(=O)CCSc1s[c]nc1C. The Balaban J connectivity index is 2.22. The summed E-state index contributed by atoms with van der Waals surface area (Å²) >= 11 is 3.12. The van der Waals surface area contributed by atoms with Crippen molar-refractivity contribution >= 4 is 29.1 Å². The van der Waals surface area contributed by atoms with Crippen LogP contribution in [-0.4, -0.2) is 23.3 Å². The lowest BCUT2D eigenvalue weighted by molar-refractivity contribution is -0.142. The van der Waals surface area contributed by atoms with Crippen molar-refractivity contribution in [3.63, 3.8) is 0 Å². The second-order valence-corrected chi connectivity index (χ2v) is 4.74. The molecule has 0 N–H and O–H groups in total. The van der Waals surface area contributed by atoms with Crippen LogP contribution in [0, 0.1) is 12.4 Å². The van der Waals surface area contributed by atoms with Crippen LogP contribution in [0.1, 0.15) is 19.0 Å². The Morgan fingerprint density at radius 2 is 2.50 bits per heavy atom. The van der Waals surface area contributed by atoms with Crippen molar-refractivity contribution in [1.82, 2.24) is 4.98 Å². The maximum absolute atomic E-state index is 11.0. The highest BCUT2D eigenvalue weighted by molar-refractivity contribution is 8.01. The topological polar surface area (TPSA) is 39.2 Å². The Bertz CT molecular complexity index is 299. The van der Waals surface area contributed by atoms with E-state index in [-0.39, 0.29) is 5.97 Å². The molecule has 0 aliphatic rings. The summed E-state index contributed by atoms with van der Waals surface area (Å²) in [6.45, 7) is 4.21. The summed E-state index contributed by atoms with van der Waals surface area (Å²) in [5, 5.41) is 0. The molecular weight excluding hydrogens is 218 g/mol. The van der Waals surface area contributed by atoms with Crippen LogP contribution >= 0.6 is 23.1 Å². The normalized spacial score (nSPS) is 10.1. The van der Waals surface area contributed by atoms with Gasteiger partial charge in [-0.05, 0) is 13.8 Å². The summed E-state index contributed by atoms with van der Waals surface area (Å²) in [4.78, 5) is 15.0. The minimum atomic E-state index is -0.133. The monoisotopic (exact) mass is 230 g/mol. The van der Waals surface area contributed by atoms with Gasteiger partial charge in [0, 0.05) is 5.75 Å². The highest BCUT2D eigenvalue weighted by Gasteiger charge is 2.05. The van der Waals surface area contributed by atoms with Gasteiger partial charge in [-0.2, -0.15) is 0 Å². The average Bonchev–Trinajstić information content (AvgIpc) is 2.52. The van der Waals surface area contributed by atoms with Gasteiger partial charge in [0.25, 0.3) is 0 Å². The quantitative estimate of drug-likeness (QED) is 0.575. The number of carbonyl (C=O) groups excluding carboxylic acids is 1. The van der Waals surface area contributed by atoms with Gasteiger partial charge in [0.2, 0.25) is 0 Å². The zero-order valence-corrected chi connectivity index (χ0v) is 9.83. The summed E-state index contributed by atoms with van der Waals surface area (Å²) in [6, 6.07) is 0. The zero-order valence-electron chi connectivity index (χ0n) is 8.20. The number of hydrogen-bond acceptors (Lipinski definition) is 5. The molecule has 0 spiro atoms. The number of thiazole rings is 1. The Hall–Kier alpha value is -0.550. The fourth-order valence-corrected chi connectivity index (χ4v) is 2.61. The lowest BCUT2D eigenvalue weighted by atomic mass is 10.5. The van der Waals surface area contributed by atoms with Crippen LogP contribution in [0.15, 0.2) is 4.21 Å². The van der Waals surface area contributed by atoms with Crippen LogP contribution in [0.5, 0.6) is 0 Å². The van der Waals surface area contributed by atoms with Crippen molar-refractivity contribution in [3.05, 3.63) is 11.2 Å². The first-order valence-corrected chi connectivity index (χ1v) is 6.16. The number of esters is 1. The first kappa shape index (κ1) is 11.5. The molecule has 0 saturated heterocycles. The fourth-order valence-electron chi connectivity index (χ4n) is 0.846. The van der Waals surface area contributed by atoms with E-state index in [0.29, 0.717) is 13.0 Å². The van der Waals surface area contributed by atoms with E-state index in [1.165, 1.54) is 11.3 Å². The third-order valence-electron chi connectivity index (χ3n) is 1.49. The summed E-state index contributed by atoms with van der Waals surface area (Å²) < 4.78 is 5.95. The molecule has 14 heavy (non-hydrogen) atoms. The van der Waals surface area contributed by atoms with Gasteiger partial charge in [0.15, 0.2) is 5.51 Å². The van der Waals surface area contributed by atoms with Gasteiger partial charge in [-0.1, -0.05) is 0 Å². The number of ether oxygens (including phenoxy) is 1. The molecule has 1 rings (SSSR count). The van der Waals surface area contributed by atoms with E-state index in [0.717, 1.165) is 15.7 Å². The number of aromatic nitrogens is 1. The average molecular weight is 230 g/mol. The molecule has 0 aromatic carbocycles. The molecule has 1 aromatic heterocycles. The molecule has 1 aromatic rings. The van der Waals surface area contributed by atoms with Gasteiger partial charge in [-0.15, -0.1) is 23.1 Å². The van der Waals surface area contributed by atoms with E-state index >= 15 is 0 Å². The van der Waals surface area contributed by atoms with Crippen LogP contribution in [0.4, 0.5) is 0 Å². The van der Waals surface area contributed by atoms with Gasteiger partial charge in [-0.25, -0.2) is 4.98 Å². The molecule has 3 nitrogen and oxygen atoms in total. The van der Waals surface area contributed by atoms with Crippen LogP contribution in [0.3, 0.4) is 0 Å². The van der Waals surface area contributed by atoms with Crippen molar-refractivity contribution in [2.24, 2.45) is 0 Å². The molecule has 1 heterocycles. The standard InChI is InChI=1S/C9H12NO2S2/c1-3-12-8(11)4-5-13-9-7(2)10-6-14-9/h3-5H2,1-2H3. The van der Waals surface area contributed by atoms with E-state index in [1.807, 2.05) is 13.8 Å². The van der Waals surface area contributed by atoms with Crippen molar-refractivity contribution in [2.75, 3.05) is 12.4 Å². The summed E-state index contributed by atoms with van der Waals surface area (Å²) in [7, 11) is 0. The number of thioether (sulfide) groups is 1. The Kier molecular flexibility index (Phi) is 4.97. The molecule has 0 aliphatic carbocycles. The lowest BCUT2D eigenvalue weighted by Crippen LogP contribution is -2.04. The number of nitrogens with zero attached hydrogens (tertiary/aromatic N) is 1. The largest absolute Gasteiger partial charge is 0.466 e. The van der Waals surface area contributed by atoms with Gasteiger partial charge in [0.05, 0.1) is 22.9 Å². The van der Waals surface area contributed by atoms with Gasteiger partial charge >= 0.3 is 5.97 Å². The van der Waals surface area contributed by atoms with E-state index in [1.54, 1.807) is 11.8 Å². The number of hydrogen-bond donors (Lipinski definition) is 0. The highest BCUT2D eigenvalue weighted by atomic mass is 32.2. The van der Waals surface area contributed by atoms with Gasteiger partial charge in [-0.3, -0.25) is 4.79 Å². The van der Waals surface area contributed by atoms with Crippen LogP contribution in [-0.2, 0) is 9.53 Å². The molecule has 0 bridgehead atoms. The lowest BCUT2D eigenvalue weighted by Gasteiger charge is -2.00. The second kappa shape index (κ2) is 6.03. The summed E-state index contributed by atoms with van der Waals surface area (Å²) in [5.41, 5.74) is 3.81. The van der Waals surface area contributed by atoms with Crippen LogP contribution < -0.4 is 0 Å². The molecular formula is C9H12NO2S2. The summed E-state index contributed by atoms with van der Waals surface area (Å²) in [5.74, 6) is 0.613. The molecule has 0 atom stereocenters. The van der Waals surface area contributed by atoms with E-state index in [2.05, 4.69) is 10.5 Å². The van der Waals surface area contributed by atoms with Crippen molar-refractivity contribution in [2.45, 2.75) is 24.5 Å². The van der Waals surface area contributed by atoms with Gasteiger partial charge in [0.1, 0.15) is 0 Å².